The first-order valence-electron chi connectivity index (χ1n) is 9.05. The van der Waals surface area contributed by atoms with Crippen LogP contribution in [0.5, 0.6) is 11.5 Å². The molecule has 9 nitrogen and oxygen atoms in total. The van der Waals surface area contributed by atoms with Crippen LogP contribution in [-0.4, -0.2) is 57.7 Å². The standard InChI is InChI=1S/C18H27BrN6O3S/c1-18(2,3)21-16(26)11-28-15-9-13(19)12(8-14(15)27-5)10-20-6-7-29-17-22-23-24-25(17)4/h8-9,20H,6-7,10-11H2,1-5H3,(H,21,26). The number of benzene rings is 1. The molecule has 0 saturated heterocycles. The van der Waals surface area contributed by atoms with E-state index in [1.807, 2.05) is 40.0 Å². The zero-order valence-corrected chi connectivity index (χ0v) is 19.7. The Morgan fingerprint density at radius 1 is 1.31 bits per heavy atom. The molecule has 0 aliphatic rings. The van der Waals surface area contributed by atoms with E-state index >= 15 is 0 Å². The summed E-state index contributed by atoms with van der Waals surface area (Å²) in [5.74, 6) is 1.75. The van der Waals surface area contributed by atoms with Gasteiger partial charge >= 0.3 is 0 Å². The third-order valence-electron chi connectivity index (χ3n) is 3.61. The molecule has 0 spiro atoms. The van der Waals surface area contributed by atoms with Crippen molar-refractivity contribution < 1.29 is 14.3 Å². The normalized spacial score (nSPS) is 11.4. The van der Waals surface area contributed by atoms with Gasteiger partial charge < -0.3 is 20.1 Å². The van der Waals surface area contributed by atoms with Crippen molar-refractivity contribution in [3.05, 3.63) is 22.2 Å². The molecule has 1 aromatic carbocycles. The number of amides is 1. The van der Waals surface area contributed by atoms with Gasteiger partial charge in [0.1, 0.15) is 0 Å². The molecule has 160 valence electrons. The highest BCUT2D eigenvalue weighted by Gasteiger charge is 2.16. The zero-order valence-electron chi connectivity index (χ0n) is 17.3. The number of ether oxygens (including phenoxy) is 2. The van der Waals surface area contributed by atoms with Gasteiger partial charge in [-0.3, -0.25) is 4.79 Å². The molecule has 0 unspecified atom stereocenters. The fourth-order valence-electron chi connectivity index (χ4n) is 2.36. The Balaban J connectivity index is 1.86. The Bertz CT molecular complexity index is 824. The van der Waals surface area contributed by atoms with Crippen LogP contribution in [0.4, 0.5) is 0 Å². The molecule has 11 heteroatoms. The second kappa shape index (κ2) is 10.8. The number of halogens is 1. The van der Waals surface area contributed by atoms with Crippen molar-refractivity contribution >= 4 is 33.6 Å². The van der Waals surface area contributed by atoms with Gasteiger partial charge in [0.25, 0.3) is 5.91 Å². The van der Waals surface area contributed by atoms with E-state index in [2.05, 4.69) is 42.1 Å². The van der Waals surface area contributed by atoms with Gasteiger partial charge in [-0.05, 0) is 48.9 Å². The maximum Gasteiger partial charge on any atom is 0.258 e. The SMILES string of the molecule is COc1cc(CNCCSc2nnnn2C)c(Br)cc1OCC(=O)NC(C)(C)C. The van der Waals surface area contributed by atoms with E-state index in [0.29, 0.717) is 18.0 Å². The van der Waals surface area contributed by atoms with E-state index in [-0.39, 0.29) is 18.1 Å². The summed E-state index contributed by atoms with van der Waals surface area (Å²) in [7, 11) is 3.39. The smallest absolute Gasteiger partial charge is 0.258 e. The Hall–Kier alpha value is -1.85. The number of tetrazole rings is 1. The van der Waals surface area contributed by atoms with Crippen molar-refractivity contribution in [3.8, 4) is 11.5 Å². The zero-order chi connectivity index (χ0) is 21.4. The van der Waals surface area contributed by atoms with Crippen molar-refractivity contribution in [1.29, 1.82) is 0 Å². The lowest BCUT2D eigenvalue weighted by Gasteiger charge is -2.21. The van der Waals surface area contributed by atoms with E-state index in [1.165, 1.54) is 0 Å². The van der Waals surface area contributed by atoms with E-state index in [1.54, 1.807) is 23.6 Å². The summed E-state index contributed by atoms with van der Waals surface area (Å²) >= 11 is 5.15. The quantitative estimate of drug-likeness (QED) is 0.388. The van der Waals surface area contributed by atoms with Crippen molar-refractivity contribution in [2.45, 2.75) is 38.0 Å². The molecule has 29 heavy (non-hydrogen) atoms. The van der Waals surface area contributed by atoms with E-state index in [4.69, 9.17) is 9.47 Å². The summed E-state index contributed by atoms with van der Waals surface area (Å²) < 4.78 is 13.6. The van der Waals surface area contributed by atoms with Gasteiger partial charge in [-0.2, -0.15) is 0 Å². The van der Waals surface area contributed by atoms with Gasteiger partial charge in [-0.15, -0.1) is 5.10 Å². The Morgan fingerprint density at radius 2 is 2.07 bits per heavy atom. The van der Waals surface area contributed by atoms with Crippen molar-refractivity contribution in [2.24, 2.45) is 7.05 Å². The molecule has 0 aliphatic carbocycles. The second-order valence-corrected chi connectivity index (χ2v) is 9.21. The summed E-state index contributed by atoms with van der Waals surface area (Å²) in [6.07, 6.45) is 0. The van der Waals surface area contributed by atoms with Crippen molar-refractivity contribution in [1.82, 2.24) is 30.8 Å². The minimum Gasteiger partial charge on any atom is -0.493 e. The maximum absolute atomic E-state index is 12.0. The molecule has 2 aromatic rings. The predicted molar refractivity (Wildman–Crippen MR) is 115 cm³/mol. The van der Waals surface area contributed by atoms with Gasteiger partial charge in [0, 0.05) is 35.9 Å². The van der Waals surface area contributed by atoms with Crippen LogP contribution in [0.1, 0.15) is 26.3 Å². The molecular weight excluding hydrogens is 460 g/mol. The number of aromatic nitrogens is 4. The largest absolute Gasteiger partial charge is 0.493 e. The van der Waals surface area contributed by atoms with Gasteiger partial charge in [0.05, 0.1) is 7.11 Å². The highest BCUT2D eigenvalue weighted by Crippen LogP contribution is 2.33. The number of carbonyl (C=O) groups excluding carboxylic acids is 1. The van der Waals surface area contributed by atoms with Crippen LogP contribution in [-0.2, 0) is 18.4 Å². The summed E-state index contributed by atoms with van der Waals surface area (Å²) in [4.78, 5) is 12.0. The second-order valence-electron chi connectivity index (χ2n) is 7.29. The average Bonchev–Trinajstić information content (AvgIpc) is 3.04. The van der Waals surface area contributed by atoms with Gasteiger partial charge in [0.2, 0.25) is 5.16 Å². The molecule has 2 N–H and O–H groups in total. The third-order valence-corrected chi connectivity index (χ3v) is 5.36. The van der Waals surface area contributed by atoms with Crippen LogP contribution < -0.4 is 20.1 Å². The van der Waals surface area contributed by atoms with E-state index in [9.17, 15) is 4.79 Å². The average molecular weight is 487 g/mol. The molecule has 0 atom stereocenters. The number of hydrogen-bond donors (Lipinski definition) is 2. The number of nitrogens with zero attached hydrogens (tertiary/aromatic N) is 4. The van der Waals surface area contributed by atoms with Crippen molar-refractivity contribution in [3.63, 3.8) is 0 Å². The van der Waals surface area contributed by atoms with Gasteiger partial charge in [-0.1, -0.05) is 27.7 Å². The minimum atomic E-state index is -0.303. The summed E-state index contributed by atoms with van der Waals surface area (Å²) in [6, 6.07) is 3.72. The highest BCUT2D eigenvalue weighted by atomic mass is 79.9. The fourth-order valence-corrected chi connectivity index (χ4v) is 3.57. The summed E-state index contributed by atoms with van der Waals surface area (Å²) in [6.45, 7) is 7.13. The molecule has 0 bridgehead atoms. The topological polar surface area (TPSA) is 103 Å². The number of thioether (sulfide) groups is 1. The monoisotopic (exact) mass is 486 g/mol. The summed E-state index contributed by atoms with van der Waals surface area (Å²) in [5, 5.41) is 18.4. The maximum atomic E-state index is 12.0. The number of carbonyl (C=O) groups is 1. The number of aryl methyl sites for hydroxylation is 1. The Morgan fingerprint density at radius 3 is 2.69 bits per heavy atom. The lowest BCUT2D eigenvalue weighted by atomic mass is 10.1. The van der Waals surface area contributed by atoms with Crippen molar-refractivity contribution in [2.75, 3.05) is 26.0 Å². The first-order valence-corrected chi connectivity index (χ1v) is 10.8. The Labute approximate surface area is 183 Å². The van der Waals surface area contributed by atoms with Gasteiger partial charge in [-0.25, -0.2) is 4.68 Å². The predicted octanol–water partition coefficient (Wildman–Crippen LogP) is 2.16. The van der Waals surface area contributed by atoms with Crippen LogP contribution in [0.15, 0.2) is 21.8 Å². The van der Waals surface area contributed by atoms with E-state index < -0.39 is 0 Å². The molecule has 1 aromatic heterocycles. The third kappa shape index (κ3) is 7.82. The Kier molecular flexibility index (Phi) is 8.72. The fraction of sp³-hybridized carbons (Fsp3) is 0.556. The van der Waals surface area contributed by atoms with Gasteiger partial charge in [0.15, 0.2) is 18.1 Å². The lowest BCUT2D eigenvalue weighted by molar-refractivity contribution is -0.124. The van der Waals surface area contributed by atoms with E-state index in [0.717, 1.165) is 27.5 Å². The number of hydrogen-bond acceptors (Lipinski definition) is 8. The summed E-state index contributed by atoms with van der Waals surface area (Å²) in [5.41, 5.74) is 0.723. The molecule has 0 aliphatic heterocycles. The van der Waals surface area contributed by atoms with Crippen LogP contribution in [0.2, 0.25) is 0 Å². The number of rotatable bonds is 10. The first-order chi connectivity index (χ1) is 13.7. The minimum absolute atomic E-state index is 0.0776. The molecule has 0 saturated carbocycles. The van der Waals surface area contributed by atoms with Crippen LogP contribution in [0.3, 0.4) is 0 Å². The molecule has 0 radical (unpaired) electrons. The van der Waals surface area contributed by atoms with Crippen LogP contribution >= 0.6 is 27.7 Å². The first kappa shape index (κ1) is 23.4. The van der Waals surface area contributed by atoms with Crippen LogP contribution in [0, 0.1) is 0 Å². The molecule has 0 fully saturated rings. The molecule has 2 rings (SSSR count). The highest BCUT2D eigenvalue weighted by molar-refractivity contribution is 9.10. The number of nitrogens with one attached hydrogen (secondary N) is 2. The molecular formula is C18H27BrN6O3S. The number of methoxy groups -OCH3 is 1. The molecule has 1 heterocycles. The lowest BCUT2D eigenvalue weighted by Crippen LogP contribution is -2.43. The van der Waals surface area contributed by atoms with Crippen LogP contribution in [0.25, 0.3) is 0 Å². The molecule has 1 amide bonds.